The number of benzene rings is 8. The summed E-state index contributed by atoms with van der Waals surface area (Å²) in [4.78, 5) is 0. The smallest absolute Gasteiger partial charge is 0.00141 e. The summed E-state index contributed by atoms with van der Waals surface area (Å²) < 4.78 is 0. The molecule has 0 fully saturated rings. The summed E-state index contributed by atoms with van der Waals surface area (Å²) in [5.74, 6) is 0. The first kappa shape index (κ1) is 22.8. The van der Waals surface area contributed by atoms with E-state index >= 15 is 0 Å². The van der Waals surface area contributed by atoms with Gasteiger partial charge in [0.15, 0.2) is 0 Å². The Morgan fingerprint density at radius 1 is 0.250 bits per heavy atom. The van der Waals surface area contributed by atoms with E-state index in [2.05, 4.69) is 158 Å². The first-order valence-electron chi connectivity index (χ1n) is 13.9. The minimum atomic E-state index is 1.22. The van der Waals surface area contributed by atoms with Crippen LogP contribution >= 0.6 is 0 Å². The molecule has 0 heteroatoms. The molecule has 0 aromatic heterocycles. The molecule has 0 amide bonds. The van der Waals surface area contributed by atoms with Crippen molar-refractivity contribution < 1.29 is 0 Å². The van der Waals surface area contributed by atoms with Gasteiger partial charge in [0.1, 0.15) is 0 Å². The summed E-state index contributed by atoms with van der Waals surface area (Å²) in [7, 11) is 0. The summed E-state index contributed by atoms with van der Waals surface area (Å²) in [5, 5.41) is 10.1. The Morgan fingerprint density at radius 3 is 1.68 bits per heavy atom. The Labute approximate surface area is 233 Å². The quantitative estimate of drug-likeness (QED) is 0.209. The maximum atomic E-state index is 2.40. The lowest BCUT2D eigenvalue weighted by atomic mass is 9.82. The van der Waals surface area contributed by atoms with Gasteiger partial charge in [0.2, 0.25) is 0 Å². The Morgan fingerprint density at radius 2 is 0.875 bits per heavy atom. The van der Waals surface area contributed by atoms with Gasteiger partial charge in [-0.25, -0.2) is 0 Å². The molecular formula is C40H26. The van der Waals surface area contributed by atoms with Gasteiger partial charge >= 0.3 is 0 Å². The number of hydrogen-bond donors (Lipinski definition) is 0. The normalized spacial score (nSPS) is 11.5. The summed E-state index contributed by atoms with van der Waals surface area (Å²) in [6.07, 6.45) is 0. The van der Waals surface area contributed by atoms with Gasteiger partial charge in [-0.2, -0.15) is 0 Å². The van der Waals surface area contributed by atoms with Gasteiger partial charge in [-0.1, -0.05) is 133 Å². The predicted octanol–water partition coefficient (Wildman–Crippen LogP) is 11.3. The molecule has 0 aliphatic rings. The van der Waals surface area contributed by atoms with Gasteiger partial charge in [-0.05, 0) is 101 Å². The van der Waals surface area contributed by atoms with E-state index in [4.69, 9.17) is 0 Å². The Hall–Kier alpha value is -5.20. The largest absolute Gasteiger partial charge is 0.0622 e. The molecule has 0 saturated heterocycles. The second kappa shape index (κ2) is 9.22. The zero-order valence-corrected chi connectivity index (χ0v) is 22.0. The fourth-order valence-corrected chi connectivity index (χ4v) is 6.30. The van der Waals surface area contributed by atoms with E-state index in [1.165, 1.54) is 76.5 Å². The molecule has 8 aromatic rings. The highest BCUT2D eigenvalue weighted by Crippen LogP contribution is 2.47. The molecule has 0 spiro atoms. The number of fused-ring (bicyclic) bond motifs is 4. The lowest BCUT2D eigenvalue weighted by Crippen LogP contribution is -1.94. The number of rotatable bonds is 3. The second-order valence-electron chi connectivity index (χ2n) is 10.5. The van der Waals surface area contributed by atoms with Gasteiger partial charge in [0.05, 0.1) is 0 Å². The summed E-state index contributed by atoms with van der Waals surface area (Å²) >= 11 is 0. The van der Waals surface area contributed by atoms with Crippen LogP contribution in [0.2, 0.25) is 0 Å². The van der Waals surface area contributed by atoms with Crippen LogP contribution in [0.25, 0.3) is 76.5 Å². The molecule has 8 rings (SSSR count). The van der Waals surface area contributed by atoms with Crippen LogP contribution in [0.15, 0.2) is 158 Å². The van der Waals surface area contributed by atoms with Crippen molar-refractivity contribution in [1.29, 1.82) is 0 Å². The molecule has 8 aromatic carbocycles. The third kappa shape index (κ3) is 3.69. The molecule has 0 radical (unpaired) electrons. The average Bonchev–Trinajstić information content (AvgIpc) is 3.03. The number of hydrogen-bond acceptors (Lipinski definition) is 0. The molecule has 0 nitrogen and oxygen atoms in total. The van der Waals surface area contributed by atoms with Crippen LogP contribution in [0.4, 0.5) is 0 Å². The van der Waals surface area contributed by atoms with Crippen LogP contribution in [-0.4, -0.2) is 0 Å². The van der Waals surface area contributed by atoms with E-state index in [1.54, 1.807) is 0 Å². The first-order chi connectivity index (χ1) is 19.8. The van der Waals surface area contributed by atoms with E-state index < -0.39 is 0 Å². The first-order valence-corrected chi connectivity index (χ1v) is 13.9. The minimum Gasteiger partial charge on any atom is -0.0622 e. The summed E-state index contributed by atoms with van der Waals surface area (Å²) in [6, 6.07) is 57.7. The van der Waals surface area contributed by atoms with E-state index in [0.717, 1.165) is 0 Å². The maximum Gasteiger partial charge on any atom is -0.00141 e. The van der Waals surface area contributed by atoms with Crippen molar-refractivity contribution in [2.75, 3.05) is 0 Å². The van der Waals surface area contributed by atoms with Gasteiger partial charge in [0, 0.05) is 0 Å². The van der Waals surface area contributed by atoms with E-state index in [1.807, 2.05) is 0 Å². The van der Waals surface area contributed by atoms with E-state index in [-0.39, 0.29) is 0 Å². The molecule has 0 aliphatic heterocycles. The highest BCUT2D eigenvalue weighted by Gasteiger charge is 2.20. The van der Waals surface area contributed by atoms with Gasteiger partial charge in [-0.3, -0.25) is 0 Å². The van der Waals surface area contributed by atoms with Gasteiger partial charge < -0.3 is 0 Å². The Kier molecular flexibility index (Phi) is 5.24. The molecule has 0 saturated carbocycles. The molecule has 0 bridgehead atoms. The highest BCUT2D eigenvalue weighted by molar-refractivity contribution is 6.17. The summed E-state index contributed by atoms with van der Waals surface area (Å²) in [6.45, 7) is 0. The lowest BCUT2D eigenvalue weighted by Gasteiger charge is -2.21. The Bertz CT molecular complexity index is 2200. The van der Waals surface area contributed by atoms with Crippen LogP contribution in [0.5, 0.6) is 0 Å². The van der Waals surface area contributed by atoms with Crippen LogP contribution < -0.4 is 0 Å². The molecule has 0 heterocycles. The van der Waals surface area contributed by atoms with Crippen molar-refractivity contribution in [3.63, 3.8) is 0 Å². The molecule has 0 unspecified atom stereocenters. The maximum absolute atomic E-state index is 2.40. The van der Waals surface area contributed by atoms with Crippen molar-refractivity contribution in [3.8, 4) is 33.4 Å². The van der Waals surface area contributed by atoms with Crippen LogP contribution in [0, 0.1) is 0 Å². The lowest BCUT2D eigenvalue weighted by molar-refractivity contribution is 1.61. The third-order valence-electron chi connectivity index (χ3n) is 8.19. The molecule has 186 valence electrons. The van der Waals surface area contributed by atoms with Crippen molar-refractivity contribution in [2.45, 2.75) is 0 Å². The fourth-order valence-electron chi connectivity index (χ4n) is 6.30. The predicted molar refractivity (Wildman–Crippen MR) is 173 cm³/mol. The monoisotopic (exact) mass is 506 g/mol. The standard InChI is InChI=1S/C40H26/c1-2-12-29(13-3-1)37-26-34-24-31-16-6-7-17-32(31)25-38(34)40(36-20-10-18-28-14-8-9-19-35(28)36)39(37)33-22-21-27-11-4-5-15-30(27)23-33/h1-26H. The Balaban J connectivity index is 1.60. The van der Waals surface area contributed by atoms with Crippen molar-refractivity contribution >= 4 is 43.1 Å². The van der Waals surface area contributed by atoms with E-state index in [0.29, 0.717) is 0 Å². The minimum absolute atomic E-state index is 1.22. The molecular weight excluding hydrogens is 480 g/mol. The van der Waals surface area contributed by atoms with Crippen molar-refractivity contribution in [3.05, 3.63) is 158 Å². The van der Waals surface area contributed by atoms with E-state index in [9.17, 15) is 0 Å². The molecule has 0 N–H and O–H groups in total. The highest BCUT2D eigenvalue weighted by atomic mass is 14.2. The molecule has 0 aliphatic carbocycles. The average molecular weight is 507 g/mol. The summed E-state index contributed by atoms with van der Waals surface area (Å²) in [5.41, 5.74) is 7.53. The van der Waals surface area contributed by atoms with Crippen LogP contribution in [-0.2, 0) is 0 Å². The van der Waals surface area contributed by atoms with Crippen LogP contribution in [0.3, 0.4) is 0 Å². The third-order valence-corrected chi connectivity index (χ3v) is 8.19. The zero-order chi connectivity index (χ0) is 26.5. The molecule has 40 heavy (non-hydrogen) atoms. The van der Waals surface area contributed by atoms with Gasteiger partial charge in [0.25, 0.3) is 0 Å². The van der Waals surface area contributed by atoms with Crippen molar-refractivity contribution in [1.82, 2.24) is 0 Å². The second-order valence-corrected chi connectivity index (χ2v) is 10.5. The zero-order valence-electron chi connectivity index (χ0n) is 22.0. The fraction of sp³-hybridized carbons (Fsp3) is 0. The van der Waals surface area contributed by atoms with Crippen molar-refractivity contribution in [2.24, 2.45) is 0 Å². The molecule has 0 atom stereocenters. The van der Waals surface area contributed by atoms with Crippen LogP contribution in [0.1, 0.15) is 0 Å². The topological polar surface area (TPSA) is 0 Å². The van der Waals surface area contributed by atoms with Gasteiger partial charge in [-0.15, -0.1) is 0 Å². The SMILES string of the molecule is c1ccc(-c2cc3cc4ccccc4cc3c(-c3cccc4ccccc34)c2-c2ccc3ccccc3c2)cc1.